The number of carbonyl (C=O) groups excluding carboxylic acids is 1. The zero-order chi connectivity index (χ0) is 27.6. The van der Waals surface area contributed by atoms with Crippen molar-refractivity contribution in [3.63, 3.8) is 0 Å². The minimum atomic E-state index is 0.499. The van der Waals surface area contributed by atoms with Gasteiger partial charge in [-0.15, -0.1) is 0 Å². The fourth-order valence-corrected chi connectivity index (χ4v) is 4.75. The van der Waals surface area contributed by atoms with Gasteiger partial charge < -0.3 is 0 Å². The van der Waals surface area contributed by atoms with E-state index in [0.29, 0.717) is 5.78 Å². The van der Waals surface area contributed by atoms with Gasteiger partial charge in [0.2, 0.25) is 0 Å². The summed E-state index contributed by atoms with van der Waals surface area (Å²) in [5.41, 5.74) is 0. The first-order valence-corrected chi connectivity index (χ1v) is 16.9. The summed E-state index contributed by atoms with van der Waals surface area (Å²) in [6.07, 6.45) is 50.5. The number of Topliss-reactive ketones (excluding diaryl/α,β-unsaturated/α-hetero) is 1. The highest BCUT2D eigenvalue weighted by atomic mass is 16.1. The van der Waals surface area contributed by atoms with Crippen molar-refractivity contribution in [1.29, 1.82) is 0 Å². The van der Waals surface area contributed by atoms with E-state index in [1.807, 2.05) is 0 Å². The Balaban J connectivity index is 3.30. The molecule has 220 valence electrons. The van der Waals surface area contributed by atoms with Crippen LogP contribution in [0.1, 0.15) is 181 Å². The van der Waals surface area contributed by atoms with Crippen molar-refractivity contribution in [2.75, 3.05) is 0 Å². The molecule has 0 aliphatic carbocycles. The van der Waals surface area contributed by atoms with Crippen LogP contribution in [-0.2, 0) is 4.79 Å². The van der Waals surface area contributed by atoms with Gasteiger partial charge in [-0.2, -0.15) is 0 Å². The molecule has 0 N–H and O–H groups in total. The summed E-state index contributed by atoms with van der Waals surface area (Å²) in [6.45, 7) is 4.52. The van der Waals surface area contributed by atoms with Gasteiger partial charge in [-0.05, 0) is 77.0 Å². The Hall–Kier alpha value is -1.37. The lowest BCUT2D eigenvalue weighted by Crippen LogP contribution is -1.97. The first-order chi connectivity index (χ1) is 18.8. The van der Waals surface area contributed by atoms with Crippen LogP contribution in [0.25, 0.3) is 0 Å². The molecular formula is C37H66O. The molecule has 0 aliphatic heterocycles. The monoisotopic (exact) mass is 527 g/mol. The van der Waals surface area contributed by atoms with E-state index in [4.69, 9.17) is 0 Å². The minimum Gasteiger partial charge on any atom is -0.300 e. The Kier molecular flexibility index (Phi) is 32.4. The molecule has 0 aromatic carbocycles. The van der Waals surface area contributed by atoms with Crippen molar-refractivity contribution in [2.45, 2.75) is 181 Å². The molecule has 0 radical (unpaired) electrons. The standard InChI is InChI=1S/C37H66O/c1-3-5-7-9-11-13-15-17-19-21-23-25-27-29-31-33-35-37(38)36-34-32-30-28-26-24-22-20-18-16-14-12-10-8-6-4-2/h11-14,17-20H,3-10,15-16,21-36H2,1-2H3/b13-11-,14-12?,19-17?,20-18?. The van der Waals surface area contributed by atoms with Crippen LogP contribution >= 0.6 is 0 Å². The van der Waals surface area contributed by atoms with E-state index in [-0.39, 0.29) is 0 Å². The lowest BCUT2D eigenvalue weighted by atomic mass is 10.0. The molecule has 1 heteroatoms. The Bertz CT molecular complexity index is 530. The molecule has 0 aromatic rings. The number of carbonyl (C=O) groups is 1. The van der Waals surface area contributed by atoms with Crippen LogP contribution in [0.4, 0.5) is 0 Å². The van der Waals surface area contributed by atoms with Crippen LogP contribution in [0.5, 0.6) is 0 Å². The summed E-state index contributed by atoms with van der Waals surface area (Å²) in [5, 5.41) is 0. The Labute approximate surface area is 239 Å². The molecule has 0 atom stereocenters. The van der Waals surface area contributed by atoms with Crippen LogP contribution in [0.3, 0.4) is 0 Å². The van der Waals surface area contributed by atoms with Gasteiger partial charge in [0, 0.05) is 12.8 Å². The first kappa shape index (κ1) is 36.6. The second-order valence-corrected chi connectivity index (χ2v) is 11.2. The van der Waals surface area contributed by atoms with Crippen molar-refractivity contribution in [3.8, 4) is 0 Å². The zero-order valence-corrected chi connectivity index (χ0v) is 25.9. The van der Waals surface area contributed by atoms with Gasteiger partial charge in [-0.3, -0.25) is 4.79 Å². The SMILES string of the molecule is CCCCCC=CCC=CCCCCCCCCC(=O)CCCCCCCCC=CC/C=C\CCCCC. The summed E-state index contributed by atoms with van der Waals surface area (Å²) in [5.74, 6) is 0.499. The molecule has 0 fully saturated rings. The smallest absolute Gasteiger partial charge is 0.132 e. The van der Waals surface area contributed by atoms with E-state index >= 15 is 0 Å². The van der Waals surface area contributed by atoms with Gasteiger partial charge in [-0.25, -0.2) is 0 Å². The Morgan fingerprint density at radius 2 is 0.658 bits per heavy atom. The maximum atomic E-state index is 12.1. The minimum absolute atomic E-state index is 0.499. The van der Waals surface area contributed by atoms with Crippen LogP contribution < -0.4 is 0 Å². The van der Waals surface area contributed by atoms with E-state index in [1.54, 1.807) is 0 Å². The van der Waals surface area contributed by atoms with Gasteiger partial charge in [0.15, 0.2) is 0 Å². The highest BCUT2D eigenvalue weighted by molar-refractivity contribution is 5.78. The molecular weight excluding hydrogens is 460 g/mol. The predicted molar refractivity (Wildman–Crippen MR) is 173 cm³/mol. The van der Waals surface area contributed by atoms with E-state index in [0.717, 1.165) is 38.5 Å². The van der Waals surface area contributed by atoms with Crippen molar-refractivity contribution in [3.05, 3.63) is 48.6 Å². The van der Waals surface area contributed by atoms with Gasteiger partial charge in [0.05, 0.1) is 0 Å². The van der Waals surface area contributed by atoms with Gasteiger partial charge in [0.25, 0.3) is 0 Å². The molecule has 0 aliphatic rings. The van der Waals surface area contributed by atoms with Crippen LogP contribution in [-0.4, -0.2) is 5.78 Å². The summed E-state index contributed by atoms with van der Waals surface area (Å²) in [4.78, 5) is 12.1. The largest absolute Gasteiger partial charge is 0.300 e. The average molecular weight is 527 g/mol. The molecule has 0 spiro atoms. The molecule has 0 rings (SSSR count). The molecule has 0 heterocycles. The third kappa shape index (κ3) is 32.7. The number of allylic oxidation sites excluding steroid dienone is 8. The zero-order valence-electron chi connectivity index (χ0n) is 25.9. The van der Waals surface area contributed by atoms with Gasteiger partial charge >= 0.3 is 0 Å². The quantitative estimate of drug-likeness (QED) is 0.0671. The molecule has 1 nitrogen and oxygen atoms in total. The third-order valence-corrected chi connectivity index (χ3v) is 7.31. The summed E-state index contributed by atoms with van der Waals surface area (Å²) < 4.78 is 0. The topological polar surface area (TPSA) is 17.1 Å². The number of hydrogen-bond donors (Lipinski definition) is 0. The van der Waals surface area contributed by atoms with Crippen molar-refractivity contribution in [2.24, 2.45) is 0 Å². The van der Waals surface area contributed by atoms with Crippen LogP contribution in [0.15, 0.2) is 48.6 Å². The fraction of sp³-hybridized carbons (Fsp3) is 0.757. The summed E-state index contributed by atoms with van der Waals surface area (Å²) in [7, 11) is 0. The van der Waals surface area contributed by atoms with E-state index in [1.165, 1.54) is 128 Å². The molecule has 0 saturated carbocycles. The maximum Gasteiger partial charge on any atom is 0.132 e. The molecule has 0 saturated heterocycles. The Morgan fingerprint density at radius 1 is 0.368 bits per heavy atom. The van der Waals surface area contributed by atoms with E-state index in [2.05, 4.69) is 62.5 Å². The lowest BCUT2D eigenvalue weighted by Gasteiger charge is -2.03. The summed E-state index contributed by atoms with van der Waals surface area (Å²) >= 11 is 0. The number of hydrogen-bond acceptors (Lipinski definition) is 1. The predicted octanol–water partition coefficient (Wildman–Crippen LogP) is 13.0. The second-order valence-electron chi connectivity index (χ2n) is 11.2. The van der Waals surface area contributed by atoms with Crippen molar-refractivity contribution >= 4 is 5.78 Å². The fourth-order valence-electron chi connectivity index (χ4n) is 4.75. The van der Waals surface area contributed by atoms with E-state index < -0.39 is 0 Å². The highest BCUT2D eigenvalue weighted by Crippen LogP contribution is 2.13. The average Bonchev–Trinajstić information content (AvgIpc) is 2.92. The maximum absolute atomic E-state index is 12.1. The summed E-state index contributed by atoms with van der Waals surface area (Å²) in [6, 6.07) is 0. The van der Waals surface area contributed by atoms with Gasteiger partial charge in [-0.1, -0.05) is 140 Å². The molecule has 0 bridgehead atoms. The first-order valence-electron chi connectivity index (χ1n) is 16.9. The van der Waals surface area contributed by atoms with Gasteiger partial charge in [0.1, 0.15) is 5.78 Å². The van der Waals surface area contributed by atoms with Crippen LogP contribution in [0, 0.1) is 0 Å². The second kappa shape index (κ2) is 33.7. The Morgan fingerprint density at radius 3 is 1.00 bits per heavy atom. The number of unbranched alkanes of at least 4 members (excludes halogenated alkanes) is 18. The number of rotatable bonds is 30. The molecule has 0 unspecified atom stereocenters. The normalized spacial score (nSPS) is 12.3. The van der Waals surface area contributed by atoms with E-state index in [9.17, 15) is 4.79 Å². The molecule has 0 aromatic heterocycles. The van der Waals surface area contributed by atoms with Crippen molar-refractivity contribution in [1.82, 2.24) is 0 Å². The molecule has 38 heavy (non-hydrogen) atoms. The highest BCUT2D eigenvalue weighted by Gasteiger charge is 2.02. The van der Waals surface area contributed by atoms with Crippen LogP contribution in [0.2, 0.25) is 0 Å². The molecule has 0 amide bonds. The third-order valence-electron chi connectivity index (χ3n) is 7.31. The van der Waals surface area contributed by atoms with Crippen molar-refractivity contribution < 1.29 is 4.79 Å². The lowest BCUT2D eigenvalue weighted by molar-refractivity contribution is -0.119. The number of ketones is 1.